The number of fused-ring (bicyclic) bond motifs is 6. The maximum absolute atomic E-state index is 2.35. The molecule has 0 atom stereocenters. The quantitative estimate of drug-likeness (QED) is 0.170. The van der Waals surface area contributed by atoms with Gasteiger partial charge in [0.25, 0.3) is 0 Å². The molecule has 0 amide bonds. The zero-order valence-corrected chi connectivity index (χ0v) is 20.9. The van der Waals surface area contributed by atoms with E-state index in [0.29, 0.717) is 0 Å². The first-order chi connectivity index (χ1) is 18.9. The molecule has 0 bridgehead atoms. The van der Waals surface area contributed by atoms with E-state index < -0.39 is 0 Å². The number of rotatable bonds is 2. The molecule has 176 valence electrons. The van der Waals surface area contributed by atoms with Crippen LogP contribution < -0.4 is 0 Å². The Morgan fingerprint density at radius 3 is 1.50 bits per heavy atom. The first-order valence-corrected chi connectivity index (χ1v) is 13.2. The predicted molar refractivity (Wildman–Crippen MR) is 165 cm³/mol. The van der Waals surface area contributed by atoms with Gasteiger partial charge in [-0.05, 0) is 88.2 Å². The maximum Gasteiger partial charge on any atom is -0.00201 e. The predicted octanol–water partition coefficient (Wildman–Crippen LogP) is 10.8. The fourth-order valence-corrected chi connectivity index (χ4v) is 6.33. The molecule has 0 spiro atoms. The minimum Gasteiger partial charge on any atom is -0.0622 e. The molecule has 0 nitrogen and oxygen atoms in total. The topological polar surface area (TPSA) is 0 Å². The minimum absolute atomic E-state index is 1.25. The van der Waals surface area contributed by atoms with Gasteiger partial charge in [0.2, 0.25) is 0 Å². The van der Waals surface area contributed by atoms with E-state index in [-0.39, 0.29) is 0 Å². The van der Waals surface area contributed by atoms with Crippen molar-refractivity contribution in [3.63, 3.8) is 0 Å². The van der Waals surface area contributed by atoms with Gasteiger partial charge in [-0.2, -0.15) is 0 Å². The summed E-state index contributed by atoms with van der Waals surface area (Å²) in [5, 5.41) is 12.9. The van der Waals surface area contributed by atoms with Crippen LogP contribution in [0.1, 0.15) is 0 Å². The standard InChI is InChI=1S/C38H24/c1-2-11-25(12-3-1)37-32-15-6-8-17-34(32)38(35-18-9-7-16-33(35)37)31-20-10-19-29-30(31)22-21-28-23-26-13-4-5-14-27(26)24-36(28)29/h1-24H. The first-order valence-electron chi connectivity index (χ1n) is 13.2. The van der Waals surface area contributed by atoms with Crippen LogP contribution in [0.3, 0.4) is 0 Å². The summed E-state index contributed by atoms with van der Waals surface area (Å²) in [6.45, 7) is 0. The number of benzene rings is 8. The molecule has 0 aliphatic carbocycles. The Bertz CT molecular complexity index is 2110. The lowest BCUT2D eigenvalue weighted by Crippen LogP contribution is -1.91. The van der Waals surface area contributed by atoms with E-state index in [0.717, 1.165) is 0 Å². The van der Waals surface area contributed by atoms with Crippen LogP contribution >= 0.6 is 0 Å². The van der Waals surface area contributed by atoms with E-state index in [9.17, 15) is 0 Å². The van der Waals surface area contributed by atoms with Crippen molar-refractivity contribution in [3.8, 4) is 22.3 Å². The van der Waals surface area contributed by atoms with E-state index in [2.05, 4.69) is 146 Å². The fraction of sp³-hybridized carbons (Fsp3) is 0. The highest BCUT2D eigenvalue weighted by atomic mass is 14.2. The van der Waals surface area contributed by atoms with Gasteiger partial charge in [-0.15, -0.1) is 0 Å². The largest absolute Gasteiger partial charge is 0.0622 e. The van der Waals surface area contributed by atoms with Gasteiger partial charge in [-0.25, -0.2) is 0 Å². The molecule has 0 saturated carbocycles. The summed E-state index contributed by atoms with van der Waals surface area (Å²) in [5.41, 5.74) is 5.14. The maximum atomic E-state index is 2.35. The van der Waals surface area contributed by atoms with Crippen LogP contribution in [-0.2, 0) is 0 Å². The smallest absolute Gasteiger partial charge is 0.00201 e. The van der Waals surface area contributed by atoms with Gasteiger partial charge in [-0.3, -0.25) is 0 Å². The summed E-state index contributed by atoms with van der Waals surface area (Å²) in [6, 6.07) is 53.3. The molecule has 0 heteroatoms. The van der Waals surface area contributed by atoms with Gasteiger partial charge >= 0.3 is 0 Å². The van der Waals surface area contributed by atoms with Crippen LogP contribution in [0.2, 0.25) is 0 Å². The molecular formula is C38H24. The minimum atomic E-state index is 1.25. The Kier molecular flexibility index (Phi) is 4.62. The average Bonchev–Trinajstić information content (AvgIpc) is 2.99. The number of hydrogen-bond acceptors (Lipinski definition) is 0. The van der Waals surface area contributed by atoms with Crippen molar-refractivity contribution >= 4 is 53.9 Å². The van der Waals surface area contributed by atoms with E-state index in [4.69, 9.17) is 0 Å². The van der Waals surface area contributed by atoms with E-state index in [1.807, 2.05) is 0 Å². The second-order valence-electron chi connectivity index (χ2n) is 10.1. The Morgan fingerprint density at radius 1 is 0.263 bits per heavy atom. The molecule has 0 radical (unpaired) electrons. The van der Waals surface area contributed by atoms with Crippen molar-refractivity contribution in [1.29, 1.82) is 0 Å². The summed E-state index contributed by atoms with van der Waals surface area (Å²) in [5.74, 6) is 0. The molecule has 0 heterocycles. The number of hydrogen-bond donors (Lipinski definition) is 0. The lowest BCUT2D eigenvalue weighted by Gasteiger charge is -2.19. The van der Waals surface area contributed by atoms with Gasteiger partial charge in [0, 0.05) is 0 Å². The molecule has 0 aromatic heterocycles. The van der Waals surface area contributed by atoms with Crippen LogP contribution in [-0.4, -0.2) is 0 Å². The van der Waals surface area contributed by atoms with Crippen LogP contribution in [0.15, 0.2) is 146 Å². The zero-order valence-electron chi connectivity index (χ0n) is 20.9. The SMILES string of the molecule is c1ccc(-c2c3ccccc3c(-c3cccc4c3ccc3cc5ccccc5cc34)c3ccccc23)cc1. The molecule has 38 heavy (non-hydrogen) atoms. The van der Waals surface area contributed by atoms with E-state index >= 15 is 0 Å². The van der Waals surface area contributed by atoms with Crippen LogP contribution in [0.4, 0.5) is 0 Å². The van der Waals surface area contributed by atoms with E-state index in [1.165, 1.54) is 76.1 Å². The monoisotopic (exact) mass is 480 g/mol. The molecule has 8 aromatic carbocycles. The third-order valence-electron chi connectivity index (χ3n) is 8.01. The summed E-state index contributed by atoms with van der Waals surface area (Å²) in [7, 11) is 0. The Hall–Kier alpha value is -4.94. The molecule has 0 unspecified atom stereocenters. The average molecular weight is 481 g/mol. The Balaban J connectivity index is 1.52. The van der Waals surface area contributed by atoms with Gasteiger partial charge < -0.3 is 0 Å². The molecular weight excluding hydrogens is 456 g/mol. The highest BCUT2D eigenvalue weighted by molar-refractivity contribution is 6.25. The third kappa shape index (κ3) is 3.11. The second-order valence-corrected chi connectivity index (χ2v) is 10.1. The molecule has 8 rings (SSSR count). The Morgan fingerprint density at radius 2 is 0.816 bits per heavy atom. The first kappa shape index (κ1) is 21.2. The molecule has 0 aliphatic heterocycles. The summed E-state index contributed by atoms with van der Waals surface area (Å²) in [6.07, 6.45) is 0. The van der Waals surface area contributed by atoms with Crippen molar-refractivity contribution in [2.45, 2.75) is 0 Å². The van der Waals surface area contributed by atoms with Gasteiger partial charge in [0.05, 0.1) is 0 Å². The van der Waals surface area contributed by atoms with Crippen LogP contribution in [0, 0.1) is 0 Å². The lowest BCUT2D eigenvalue weighted by atomic mass is 9.84. The molecule has 8 aromatic rings. The summed E-state index contributed by atoms with van der Waals surface area (Å²) >= 11 is 0. The fourth-order valence-electron chi connectivity index (χ4n) is 6.33. The second kappa shape index (κ2) is 8.30. The van der Waals surface area contributed by atoms with Gasteiger partial charge in [0.15, 0.2) is 0 Å². The van der Waals surface area contributed by atoms with E-state index in [1.54, 1.807) is 0 Å². The van der Waals surface area contributed by atoms with Gasteiger partial charge in [0.1, 0.15) is 0 Å². The summed E-state index contributed by atoms with van der Waals surface area (Å²) < 4.78 is 0. The molecule has 0 N–H and O–H groups in total. The highest BCUT2D eigenvalue weighted by Gasteiger charge is 2.18. The highest BCUT2D eigenvalue weighted by Crippen LogP contribution is 2.45. The van der Waals surface area contributed by atoms with Crippen molar-refractivity contribution < 1.29 is 0 Å². The van der Waals surface area contributed by atoms with Crippen molar-refractivity contribution in [2.75, 3.05) is 0 Å². The van der Waals surface area contributed by atoms with Crippen molar-refractivity contribution in [2.24, 2.45) is 0 Å². The lowest BCUT2D eigenvalue weighted by molar-refractivity contribution is 1.66. The van der Waals surface area contributed by atoms with Crippen LogP contribution in [0.5, 0.6) is 0 Å². The van der Waals surface area contributed by atoms with Crippen molar-refractivity contribution in [1.82, 2.24) is 0 Å². The summed E-state index contributed by atoms with van der Waals surface area (Å²) in [4.78, 5) is 0. The molecule has 0 saturated heterocycles. The van der Waals surface area contributed by atoms with Crippen LogP contribution in [0.25, 0.3) is 76.1 Å². The van der Waals surface area contributed by atoms with Crippen molar-refractivity contribution in [3.05, 3.63) is 146 Å². The Labute approximate surface area is 221 Å². The molecule has 0 fully saturated rings. The van der Waals surface area contributed by atoms with Gasteiger partial charge in [-0.1, -0.05) is 133 Å². The molecule has 0 aliphatic rings. The zero-order chi connectivity index (χ0) is 25.1. The normalized spacial score (nSPS) is 11.7. The third-order valence-corrected chi connectivity index (χ3v) is 8.01.